The molecule has 0 aliphatic heterocycles. The molecular formula is C21H15F4NO6S. The summed E-state index contributed by atoms with van der Waals surface area (Å²) in [6.07, 6.45) is 2.44. The largest absolute Gasteiger partial charge is 0.534 e. The highest BCUT2D eigenvalue weighted by atomic mass is 32.2. The van der Waals surface area contributed by atoms with E-state index in [1.54, 1.807) is 30.3 Å². The number of halogens is 4. The van der Waals surface area contributed by atoms with Crippen molar-refractivity contribution in [3.8, 4) is 5.75 Å². The maximum absolute atomic E-state index is 14.4. The van der Waals surface area contributed by atoms with Gasteiger partial charge in [-0.05, 0) is 24.5 Å². The fraction of sp³-hybridized carbons (Fsp3) is 0.238. The zero-order valence-corrected chi connectivity index (χ0v) is 17.5. The van der Waals surface area contributed by atoms with E-state index in [4.69, 9.17) is 4.74 Å². The molecular weight excluding hydrogens is 470 g/mol. The first-order valence-electron chi connectivity index (χ1n) is 9.58. The molecule has 0 N–H and O–H groups in total. The zero-order valence-electron chi connectivity index (χ0n) is 16.6. The van der Waals surface area contributed by atoms with Gasteiger partial charge < -0.3 is 13.5 Å². The highest BCUT2D eigenvalue weighted by Crippen LogP contribution is 2.38. The lowest BCUT2D eigenvalue weighted by Crippen LogP contribution is -2.28. The molecule has 0 spiro atoms. The van der Waals surface area contributed by atoms with Crippen LogP contribution in [0, 0.1) is 5.82 Å². The number of carbonyl (C=O) groups is 1. The lowest BCUT2D eigenvalue weighted by molar-refractivity contribution is -0.0500. The smallest absolute Gasteiger partial charge is 0.457 e. The van der Waals surface area contributed by atoms with Crippen LogP contribution in [0.1, 0.15) is 34.8 Å². The Labute approximate surface area is 184 Å². The third kappa shape index (κ3) is 4.56. The van der Waals surface area contributed by atoms with Crippen molar-refractivity contribution in [2.45, 2.75) is 31.0 Å². The number of pyridine rings is 1. The highest BCUT2D eigenvalue weighted by molar-refractivity contribution is 7.88. The summed E-state index contributed by atoms with van der Waals surface area (Å²) in [6.45, 7) is -0.114. The van der Waals surface area contributed by atoms with Crippen LogP contribution >= 0.6 is 0 Å². The number of benzene rings is 2. The molecule has 0 amide bonds. The Morgan fingerprint density at radius 2 is 1.79 bits per heavy atom. The molecule has 1 saturated carbocycles. The Morgan fingerprint density at radius 1 is 1.12 bits per heavy atom. The van der Waals surface area contributed by atoms with E-state index >= 15 is 0 Å². The monoisotopic (exact) mass is 485 g/mol. The van der Waals surface area contributed by atoms with Crippen LogP contribution < -0.4 is 9.61 Å². The number of ether oxygens (including phenoxy) is 1. The number of hydrogen-bond acceptors (Lipinski definition) is 6. The van der Waals surface area contributed by atoms with Crippen molar-refractivity contribution >= 4 is 27.0 Å². The van der Waals surface area contributed by atoms with E-state index in [9.17, 15) is 35.6 Å². The molecule has 1 aromatic heterocycles. The number of carbonyl (C=O) groups excluding carboxylic acids is 1. The SMILES string of the molecule is O=C(OCc1ccccc1)c1cn(C2CC2)c2cc(OS(=O)(=O)C(F)(F)F)c(F)cc2c1=O. The van der Waals surface area contributed by atoms with Crippen LogP contribution in [0.2, 0.25) is 0 Å². The predicted molar refractivity (Wildman–Crippen MR) is 108 cm³/mol. The average molecular weight is 485 g/mol. The minimum Gasteiger partial charge on any atom is -0.457 e. The third-order valence-corrected chi connectivity index (χ3v) is 5.91. The molecule has 0 bridgehead atoms. The number of alkyl halides is 3. The Hall–Kier alpha value is -3.41. The molecule has 1 aliphatic carbocycles. The van der Waals surface area contributed by atoms with Gasteiger partial charge in [-0.2, -0.15) is 21.6 Å². The van der Waals surface area contributed by atoms with E-state index in [1.807, 2.05) is 0 Å². The third-order valence-electron chi connectivity index (χ3n) is 4.94. The molecule has 1 fully saturated rings. The van der Waals surface area contributed by atoms with Gasteiger partial charge in [-0.15, -0.1) is 0 Å². The van der Waals surface area contributed by atoms with Crippen LogP contribution in [-0.2, 0) is 21.5 Å². The highest BCUT2D eigenvalue weighted by Gasteiger charge is 2.49. The maximum Gasteiger partial charge on any atom is 0.534 e. The Kier molecular flexibility index (Phi) is 5.64. The molecule has 1 heterocycles. The van der Waals surface area contributed by atoms with E-state index < -0.39 is 38.6 Å². The van der Waals surface area contributed by atoms with Gasteiger partial charge in [0.1, 0.15) is 12.2 Å². The molecule has 7 nitrogen and oxygen atoms in total. The molecule has 2 aromatic carbocycles. The van der Waals surface area contributed by atoms with Crippen molar-refractivity contribution in [2.24, 2.45) is 0 Å². The summed E-state index contributed by atoms with van der Waals surface area (Å²) in [7, 11) is -6.13. The molecule has 0 radical (unpaired) electrons. The Bertz CT molecular complexity index is 1400. The number of aromatic nitrogens is 1. The van der Waals surface area contributed by atoms with Gasteiger partial charge in [0.25, 0.3) is 0 Å². The van der Waals surface area contributed by atoms with Crippen molar-refractivity contribution in [3.05, 3.63) is 75.8 Å². The normalized spacial score (nSPS) is 14.3. The fourth-order valence-electron chi connectivity index (χ4n) is 3.18. The zero-order chi connectivity index (χ0) is 24.0. The number of fused-ring (bicyclic) bond motifs is 1. The van der Waals surface area contributed by atoms with Gasteiger partial charge in [0.05, 0.1) is 5.52 Å². The van der Waals surface area contributed by atoms with Crippen LogP contribution in [0.4, 0.5) is 17.6 Å². The first kappa shape index (κ1) is 22.8. The molecule has 0 unspecified atom stereocenters. The molecule has 174 valence electrons. The first-order valence-corrected chi connectivity index (χ1v) is 11.0. The summed E-state index contributed by atoms with van der Waals surface area (Å²) in [4.78, 5) is 25.4. The lowest BCUT2D eigenvalue weighted by atomic mass is 10.1. The van der Waals surface area contributed by atoms with Crippen molar-refractivity contribution in [1.29, 1.82) is 0 Å². The first-order chi connectivity index (χ1) is 15.5. The second-order valence-corrected chi connectivity index (χ2v) is 8.89. The predicted octanol–water partition coefficient (Wildman–Crippen LogP) is 4.06. The van der Waals surface area contributed by atoms with E-state index in [0.29, 0.717) is 30.5 Å². The minimum absolute atomic E-state index is 0.0733. The topological polar surface area (TPSA) is 91.7 Å². The molecule has 12 heteroatoms. The second kappa shape index (κ2) is 8.18. The number of nitrogens with zero attached hydrogens (tertiary/aromatic N) is 1. The molecule has 1 aliphatic rings. The summed E-state index contributed by atoms with van der Waals surface area (Å²) in [5.41, 5.74) is -6.47. The van der Waals surface area contributed by atoms with Crippen molar-refractivity contribution in [1.82, 2.24) is 4.57 Å². The summed E-state index contributed by atoms with van der Waals surface area (Å²) >= 11 is 0. The van der Waals surface area contributed by atoms with E-state index in [0.717, 1.165) is 0 Å². The van der Waals surface area contributed by atoms with E-state index in [1.165, 1.54) is 10.8 Å². The van der Waals surface area contributed by atoms with E-state index in [2.05, 4.69) is 4.18 Å². The number of hydrogen-bond donors (Lipinski definition) is 0. The summed E-state index contributed by atoms with van der Waals surface area (Å²) in [6, 6.07) is 9.70. The van der Waals surface area contributed by atoms with E-state index in [-0.39, 0.29) is 29.1 Å². The van der Waals surface area contributed by atoms with Gasteiger partial charge in [0.15, 0.2) is 11.6 Å². The van der Waals surface area contributed by atoms with Gasteiger partial charge in [-0.1, -0.05) is 30.3 Å². The summed E-state index contributed by atoms with van der Waals surface area (Å²) < 4.78 is 85.5. The second-order valence-electron chi connectivity index (χ2n) is 7.36. The summed E-state index contributed by atoms with van der Waals surface area (Å²) in [5, 5.41) is -0.328. The molecule has 0 atom stereocenters. The van der Waals surface area contributed by atoms with Crippen LogP contribution in [0.25, 0.3) is 10.9 Å². The molecule has 0 saturated heterocycles. The molecule has 3 aromatic rings. The van der Waals surface area contributed by atoms with Gasteiger partial charge in [-0.25, -0.2) is 9.18 Å². The van der Waals surface area contributed by atoms with Gasteiger partial charge >= 0.3 is 21.6 Å². The van der Waals surface area contributed by atoms with Gasteiger partial charge in [0.2, 0.25) is 5.43 Å². The Balaban J connectivity index is 1.75. The number of esters is 1. The minimum atomic E-state index is -6.13. The van der Waals surface area contributed by atoms with Gasteiger partial charge in [0, 0.05) is 23.7 Å². The number of rotatable bonds is 6. The van der Waals surface area contributed by atoms with Gasteiger partial charge in [-0.3, -0.25) is 4.79 Å². The maximum atomic E-state index is 14.4. The Morgan fingerprint density at radius 3 is 2.39 bits per heavy atom. The van der Waals surface area contributed by atoms with Crippen LogP contribution in [-0.4, -0.2) is 24.5 Å². The standard InChI is InChI=1S/C21H15F4NO6S/c22-16-8-14-17(9-18(16)32-33(29,30)21(23,24)25)26(13-6-7-13)10-15(19(14)27)20(28)31-11-12-4-2-1-3-5-12/h1-5,8-10,13H,6-7,11H2. The van der Waals surface area contributed by atoms with Crippen molar-refractivity contribution in [2.75, 3.05) is 0 Å². The fourth-order valence-corrected chi connectivity index (χ4v) is 3.64. The van der Waals surface area contributed by atoms with Crippen LogP contribution in [0.15, 0.2) is 53.5 Å². The quantitative estimate of drug-likeness (QED) is 0.226. The molecule has 33 heavy (non-hydrogen) atoms. The van der Waals surface area contributed by atoms with Crippen molar-refractivity contribution < 1.29 is 39.7 Å². The van der Waals surface area contributed by atoms with Crippen LogP contribution in [0.5, 0.6) is 5.75 Å². The lowest BCUT2D eigenvalue weighted by Gasteiger charge is -2.15. The van der Waals surface area contributed by atoms with Crippen molar-refractivity contribution in [3.63, 3.8) is 0 Å². The van der Waals surface area contributed by atoms with Crippen LogP contribution in [0.3, 0.4) is 0 Å². The molecule has 4 rings (SSSR count). The average Bonchev–Trinajstić information content (AvgIpc) is 3.58. The summed E-state index contributed by atoms with van der Waals surface area (Å²) in [5.74, 6) is -3.68.